The second-order valence-electron chi connectivity index (χ2n) is 7.85. The fourth-order valence-electron chi connectivity index (χ4n) is 3.47. The third kappa shape index (κ3) is 6.16. The number of hydrogen-bond acceptors (Lipinski definition) is 6. The van der Waals surface area contributed by atoms with Crippen molar-refractivity contribution in [3.63, 3.8) is 0 Å². The summed E-state index contributed by atoms with van der Waals surface area (Å²) in [7, 11) is 1.68. The van der Waals surface area contributed by atoms with Crippen LogP contribution in [0.5, 0.6) is 5.75 Å². The molecule has 0 fully saturated rings. The SMILES string of the molecule is C=Nc1ccc(NC2=NCC(C)O2)cc1/C(=N\C)Nc1ccc(OCc2cccc(F)c2)c(Cl)c1. The van der Waals surface area contributed by atoms with E-state index >= 15 is 0 Å². The molecule has 1 heterocycles. The van der Waals surface area contributed by atoms with E-state index in [0.29, 0.717) is 46.1 Å². The Bertz CT molecular complexity index is 1290. The molecule has 0 amide bonds. The van der Waals surface area contributed by atoms with Crippen LogP contribution in [0.2, 0.25) is 5.02 Å². The molecular formula is C26H25ClFN5O2. The summed E-state index contributed by atoms with van der Waals surface area (Å²) >= 11 is 6.45. The van der Waals surface area contributed by atoms with E-state index in [-0.39, 0.29) is 18.5 Å². The summed E-state index contributed by atoms with van der Waals surface area (Å²) in [6.45, 7) is 6.45. The molecule has 7 nitrogen and oxygen atoms in total. The Kier molecular flexibility index (Phi) is 7.62. The minimum atomic E-state index is -0.311. The van der Waals surface area contributed by atoms with Gasteiger partial charge in [0.05, 0.1) is 17.3 Å². The topological polar surface area (TPSA) is 79.6 Å². The Balaban J connectivity index is 1.49. The molecule has 1 atom stereocenters. The van der Waals surface area contributed by atoms with Crippen LogP contribution >= 0.6 is 11.6 Å². The molecule has 0 aromatic heterocycles. The first-order valence-electron chi connectivity index (χ1n) is 10.9. The van der Waals surface area contributed by atoms with Gasteiger partial charge in [-0.25, -0.2) is 9.38 Å². The Morgan fingerprint density at radius 3 is 2.71 bits per heavy atom. The van der Waals surface area contributed by atoms with Gasteiger partial charge in [0, 0.05) is 24.0 Å². The lowest BCUT2D eigenvalue weighted by atomic mass is 10.1. The number of rotatable bonds is 7. The number of halogens is 2. The first-order valence-corrected chi connectivity index (χ1v) is 11.3. The molecule has 9 heteroatoms. The molecular weight excluding hydrogens is 469 g/mol. The van der Waals surface area contributed by atoms with Crippen LogP contribution in [0.3, 0.4) is 0 Å². The van der Waals surface area contributed by atoms with E-state index in [1.807, 2.05) is 31.2 Å². The summed E-state index contributed by atoms with van der Waals surface area (Å²) in [5.74, 6) is 0.750. The van der Waals surface area contributed by atoms with Gasteiger partial charge in [-0.3, -0.25) is 9.98 Å². The second-order valence-corrected chi connectivity index (χ2v) is 8.26. The van der Waals surface area contributed by atoms with Gasteiger partial charge in [-0.05, 0) is 67.7 Å². The van der Waals surface area contributed by atoms with Crippen molar-refractivity contribution < 1.29 is 13.9 Å². The molecule has 0 saturated heterocycles. The van der Waals surface area contributed by atoms with Gasteiger partial charge in [0.15, 0.2) is 0 Å². The van der Waals surface area contributed by atoms with E-state index in [0.717, 1.165) is 11.3 Å². The van der Waals surface area contributed by atoms with E-state index in [2.05, 4.69) is 32.3 Å². The predicted octanol–water partition coefficient (Wildman–Crippen LogP) is 6.07. The maximum absolute atomic E-state index is 13.4. The number of anilines is 2. The molecule has 0 spiro atoms. The molecule has 180 valence electrons. The summed E-state index contributed by atoms with van der Waals surface area (Å²) < 4.78 is 24.8. The third-order valence-corrected chi connectivity index (χ3v) is 5.48. The summed E-state index contributed by atoms with van der Waals surface area (Å²) in [4.78, 5) is 12.9. The zero-order valence-corrected chi connectivity index (χ0v) is 20.1. The quantitative estimate of drug-likeness (QED) is 0.309. The molecule has 1 unspecified atom stereocenters. The van der Waals surface area contributed by atoms with Crippen LogP contribution in [0.25, 0.3) is 0 Å². The fourth-order valence-corrected chi connectivity index (χ4v) is 3.71. The minimum absolute atomic E-state index is 0.0473. The lowest BCUT2D eigenvalue weighted by molar-refractivity contribution is 0.245. The highest BCUT2D eigenvalue weighted by Gasteiger charge is 2.17. The first-order chi connectivity index (χ1) is 16.9. The van der Waals surface area contributed by atoms with Crippen LogP contribution in [0.1, 0.15) is 18.1 Å². The zero-order valence-electron chi connectivity index (χ0n) is 19.4. The maximum Gasteiger partial charge on any atom is 0.289 e. The van der Waals surface area contributed by atoms with Crippen molar-refractivity contribution in [2.75, 3.05) is 24.2 Å². The van der Waals surface area contributed by atoms with Gasteiger partial charge in [-0.1, -0.05) is 23.7 Å². The predicted molar refractivity (Wildman–Crippen MR) is 140 cm³/mol. The highest BCUT2D eigenvalue weighted by molar-refractivity contribution is 6.32. The Labute approximate surface area is 208 Å². The second kappa shape index (κ2) is 11.0. The highest BCUT2D eigenvalue weighted by atomic mass is 35.5. The van der Waals surface area contributed by atoms with Crippen LogP contribution in [0.4, 0.5) is 21.5 Å². The normalized spacial score (nSPS) is 15.3. The maximum atomic E-state index is 13.4. The van der Waals surface area contributed by atoms with Crippen LogP contribution in [-0.4, -0.2) is 38.3 Å². The summed E-state index contributed by atoms with van der Waals surface area (Å²) in [5.41, 5.74) is 3.60. The summed E-state index contributed by atoms with van der Waals surface area (Å²) in [6, 6.07) is 17.6. The molecule has 35 heavy (non-hydrogen) atoms. The van der Waals surface area contributed by atoms with E-state index in [1.165, 1.54) is 12.1 Å². The molecule has 3 aromatic rings. The number of benzene rings is 3. The first kappa shape index (κ1) is 24.2. The van der Waals surface area contributed by atoms with Crippen LogP contribution in [0, 0.1) is 5.82 Å². The van der Waals surface area contributed by atoms with Crippen molar-refractivity contribution in [1.29, 1.82) is 0 Å². The van der Waals surface area contributed by atoms with Gasteiger partial charge in [0.2, 0.25) is 0 Å². The smallest absolute Gasteiger partial charge is 0.289 e. The van der Waals surface area contributed by atoms with Crippen LogP contribution in [-0.2, 0) is 11.3 Å². The van der Waals surface area contributed by atoms with Crippen molar-refractivity contribution in [2.24, 2.45) is 15.0 Å². The largest absolute Gasteiger partial charge is 0.487 e. The van der Waals surface area contributed by atoms with Crippen LogP contribution in [0.15, 0.2) is 75.6 Å². The van der Waals surface area contributed by atoms with Crippen molar-refractivity contribution in [1.82, 2.24) is 0 Å². The zero-order chi connectivity index (χ0) is 24.8. The molecule has 0 saturated carbocycles. The molecule has 0 radical (unpaired) electrons. The Hall–Kier alpha value is -3.91. The van der Waals surface area contributed by atoms with Crippen molar-refractivity contribution in [3.05, 3.63) is 82.6 Å². The van der Waals surface area contributed by atoms with E-state index in [4.69, 9.17) is 21.1 Å². The Morgan fingerprint density at radius 1 is 1.20 bits per heavy atom. The number of hydrogen-bond donors (Lipinski definition) is 2. The monoisotopic (exact) mass is 493 g/mol. The number of ether oxygens (including phenoxy) is 2. The average Bonchev–Trinajstić information content (AvgIpc) is 3.26. The molecule has 1 aliphatic rings. The lowest BCUT2D eigenvalue weighted by Crippen LogP contribution is -2.17. The number of nitrogens with zero attached hydrogens (tertiary/aromatic N) is 3. The van der Waals surface area contributed by atoms with E-state index < -0.39 is 0 Å². The third-order valence-electron chi connectivity index (χ3n) is 5.18. The number of nitrogens with one attached hydrogen (secondary N) is 2. The average molecular weight is 494 g/mol. The lowest BCUT2D eigenvalue weighted by Gasteiger charge is -2.15. The number of aliphatic imine (C=N–C) groups is 3. The van der Waals surface area contributed by atoms with Crippen LogP contribution < -0.4 is 15.4 Å². The minimum Gasteiger partial charge on any atom is -0.487 e. The van der Waals surface area contributed by atoms with E-state index in [9.17, 15) is 4.39 Å². The van der Waals surface area contributed by atoms with Gasteiger partial charge in [0.1, 0.15) is 30.1 Å². The molecule has 0 aliphatic carbocycles. The van der Waals surface area contributed by atoms with Crippen molar-refractivity contribution in [3.8, 4) is 5.75 Å². The summed E-state index contributed by atoms with van der Waals surface area (Å²) in [5, 5.41) is 6.86. The van der Waals surface area contributed by atoms with Crippen molar-refractivity contribution in [2.45, 2.75) is 19.6 Å². The van der Waals surface area contributed by atoms with Gasteiger partial charge < -0.3 is 20.1 Å². The highest BCUT2D eigenvalue weighted by Crippen LogP contribution is 2.30. The number of amidine groups is 2. The van der Waals surface area contributed by atoms with Crippen molar-refractivity contribution >= 4 is 47.2 Å². The van der Waals surface area contributed by atoms with Gasteiger partial charge >= 0.3 is 0 Å². The molecule has 4 rings (SSSR count). The molecule has 3 aromatic carbocycles. The molecule has 2 N–H and O–H groups in total. The van der Waals surface area contributed by atoms with Gasteiger partial charge in [-0.15, -0.1) is 0 Å². The molecule has 1 aliphatic heterocycles. The van der Waals surface area contributed by atoms with Gasteiger partial charge in [-0.2, -0.15) is 0 Å². The van der Waals surface area contributed by atoms with E-state index in [1.54, 1.807) is 31.3 Å². The fraction of sp³-hybridized carbons (Fsp3) is 0.192. The Morgan fingerprint density at radius 2 is 2.03 bits per heavy atom. The summed E-state index contributed by atoms with van der Waals surface area (Å²) in [6.07, 6.45) is 0.0473. The standard InChI is InChI=1S/C26H25ClFN5O2/c1-16-14-31-26(35-16)33-19-7-9-23(29-2)21(12-19)25(30-3)32-20-8-10-24(22(27)13-20)34-15-17-5-4-6-18(28)11-17/h4-13,16H,2,14-15H2,1,3H3,(H,30,32)(H,31,33). The van der Waals surface area contributed by atoms with Gasteiger partial charge in [0.25, 0.3) is 6.02 Å². The molecule has 0 bridgehead atoms.